The van der Waals surface area contributed by atoms with Gasteiger partial charge in [-0.1, -0.05) is 15.9 Å². The maximum atomic E-state index is 11.1. The third-order valence-electron chi connectivity index (χ3n) is 2.38. The first-order valence-electron chi connectivity index (χ1n) is 5.12. The van der Waals surface area contributed by atoms with Crippen molar-refractivity contribution in [2.24, 2.45) is 0 Å². The molecule has 0 aliphatic heterocycles. The molecule has 2 rings (SSSR count). The van der Waals surface area contributed by atoms with E-state index >= 15 is 0 Å². The second-order valence-electron chi connectivity index (χ2n) is 3.59. The molecule has 0 saturated heterocycles. The van der Waals surface area contributed by atoms with Crippen LogP contribution in [-0.4, -0.2) is 16.1 Å². The van der Waals surface area contributed by atoms with Gasteiger partial charge in [-0.15, -0.1) is 11.8 Å². The zero-order valence-corrected chi connectivity index (χ0v) is 11.9. The van der Waals surface area contributed by atoms with E-state index in [4.69, 9.17) is 9.52 Å². The van der Waals surface area contributed by atoms with Crippen LogP contribution in [0.3, 0.4) is 0 Å². The minimum atomic E-state index is -0.929. The number of nitrogens with zero attached hydrogens (tertiary/aromatic N) is 1. The number of carboxylic acids is 1. The summed E-state index contributed by atoms with van der Waals surface area (Å²) < 4.78 is 5.96. The standard InChI is InChI=1S/C12H10BrNO3S/c1-7-10(14-6-17-7)5-18-11-4-8(13)2-3-9(11)12(15)16/h2-4,6H,5H2,1H3,(H,15,16). The Morgan fingerprint density at radius 3 is 2.94 bits per heavy atom. The number of aryl methyl sites for hydroxylation is 1. The number of oxazole rings is 1. The number of rotatable bonds is 4. The summed E-state index contributed by atoms with van der Waals surface area (Å²) in [6, 6.07) is 5.10. The Morgan fingerprint density at radius 1 is 1.56 bits per heavy atom. The summed E-state index contributed by atoms with van der Waals surface area (Å²) in [5.41, 5.74) is 1.13. The number of aromatic nitrogens is 1. The van der Waals surface area contributed by atoms with Crippen molar-refractivity contribution in [2.75, 3.05) is 0 Å². The lowest BCUT2D eigenvalue weighted by Gasteiger charge is -2.05. The first-order chi connectivity index (χ1) is 8.58. The minimum Gasteiger partial charge on any atom is -0.478 e. The molecule has 0 fully saturated rings. The van der Waals surface area contributed by atoms with Crippen LogP contribution in [0.2, 0.25) is 0 Å². The van der Waals surface area contributed by atoms with Crippen LogP contribution in [0.4, 0.5) is 0 Å². The van der Waals surface area contributed by atoms with E-state index < -0.39 is 5.97 Å². The Balaban J connectivity index is 2.20. The second kappa shape index (κ2) is 5.58. The van der Waals surface area contributed by atoms with Gasteiger partial charge in [0.15, 0.2) is 6.39 Å². The molecule has 0 spiro atoms. The lowest BCUT2D eigenvalue weighted by molar-refractivity contribution is 0.0693. The molecule has 0 amide bonds. The van der Waals surface area contributed by atoms with Gasteiger partial charge in [0.2, 0.25) is 0 Å². The first-order valence-corrected chi connectivity index (χ1v) is 6.90. The molecule has 0 aliphatic rings. The highest BCUT2D eigenvalue weighted by molar-refractivity contribution is 9.10. The highest BCUT2D eigenvalue weighted by atomic mass is 79.9. The molecular formula is C12H10BrNO3S. The highest BCUT2D eigenvalue weighted by Gasteiger charge is 2.12. The van der Waals surface area contributed by atoms with Crippen molar-refractivity contribution in [3.63, 3.8) is 0 Å². The van der Waals surface area contributed by atoms with E-state index in [1.54, 1.807) is 18.2 Å². The van der Waals surface area contributed by atoms with E-state index in [1.807, 2.05) is 6.92 Å². The summed E-state index contributed by atoms with van der Waals surface area (Å²) in [4.78, 5) is 15.9. The number of hydrogen-bond acceptors (Lipinski definition) is 4. The van der Waals surface area contributed by atoms with Crippen LogP contribution in [-0.2, 0) is 5.75 Å². The molecule has 0 aliphatic carbocycles. The Kier molecular flexibility index (Phi) is 4.08. The van der Waals surface area contributed by atoms with Gasteiger partial charge in [-0.3, -0.25) is 0 Å². The molecular weight excluding hydrogens is 318 g/mol. The minimum absolute atomic E-state index is 0.296. The number of hydrogen-bond donors (Lipinski definition) is 1. The van der Waals surface area contributed by atoms with Crippen molar-refractivity contribution in [3.8, 4) is 0 Å². The summed E-state index contributed by atoms with van der Waals surface area (Å²) in [7, 11) is 0. The molecule has 0 radical (unpaired) electrons. The number of carboxylic acid groups (broad SMARTS) is 1. The van der Waals surface area contributed by atoms with E-state index in [0.29, 0.717) is 16.2 Å². The largest absolute Gasteiger partial charge is 0.478 e. The zero-order valence-electron chi connectivity index (χ0n) is 9.51. The molecule has 1 heterocycles. The fourth-order valence-corrected chi connectivity index (χ4v) is 3.01. The fraction of sp³-hybridized carbons (Fsp3) is 0.167. The van der Waals surface area contributed by atoms with Gasteiger partial charge in [-0.2, -0.15) is 0 Å². The van der Waals surface area contributed by atoms with Crippen molar-refractivity contribution in [1.29, 1.82) is 0 Å². The van der Waals surface area contributed by atoms with Gasteiger partial charge in [0.05, 0.1) is 11.3 Å². The SMILES string of the molecule is Cc1ocnc1CSc1cc(Br)ccc1C(=O)O. The number of benzene rings is 1. The number of carbonyl (C=O) groups is 1. The molecule has 18 heavy (non-hydrogen) atoms. The summed E-state index contributed by atoms with van der Waals surface area (Å²) in [5, 5.41) is 9.11. The van der Waals surface area contributed by atoms with E-state index in [1.165, 1.54) is 18.2 Å². The monoisotopic (exact) mass is 327 g/mol. The molecule has 4 nitrogen and oxygen atoms in total. The number of thioether (sulfide) groups is 1. The average Bonchev–Trinajstić information content (AvgIpc) is 2.72. The molecule has 0 saturated carbocycles. The molecule has 1 aromatic carbocycles. The Hall–Kier alpha value is -1.27. The second-order valence-corrected chi connectivity index (χ2v) is 5.52. The third-order valence-corrected chi connectivity index (χ3v) is 3.94. The van der Waals surface area contributed by atoms with E-state index in [-0.39, 0.29) is 0 Å². The van der Waals surface area contributed by atoms with Gasteiger partial charge in [0.25, 0.3) is 0 Å². The Bertz CT molecular complexity index is 582. The Labute approximate surface area is 117 Å². The normalized spacial score (nSPS) is 10.6. The Morgan fingerprint density at radius 2 is 2.33 bits per heavy atom. The smallest absolute Gasteiger partial charge is 0.336 e. The first kappa shape index (κ1) is 13.2. The predicted octanol–water partition coefficient (Wildman–Crippen LogP) is 3.74. The van der Waals surface area contributed by atoms with Gasteiger partial charge in [0.1, 0.15) is 5.76 Å². The topological polar surface area (TPSA) is 63.3 Å². The van der Waals surface area contributed by atoms with Crippen LogP contribution in [0.1, 0.15) is 21.8 Å². The van der Waals surface area contributed by atoms with Crippen molar-refractivity contribution in [1.82, 2.24) is 4.98 Å². The maximum absolute atomic E-state index is 11.1. The van der Waals surface area contributed by atoms with Gasteiger partial charge in [0, 0.05) is 15.1 Å². The van der Waals surface area contributed by atoms with Gasteiger partial charge in [-0.25, -0.2) is 9.78 Å². The average molecular weight is 328 g/mol. The lowest BCUT2D eigenvalue weighted by Crippen LogP contribution is -1.99. The summed E-state index contributed by atoms with van der Waals surface area (Å²) in [6.07, 6.45) is 1.39. The number of aromatic carboxylic acids is 1. The van der Waals surface area contributed by atoms with Crippen molar-refractivity contribution >= 4 is 33.7 Å². The highest BCUT2D eigenvalue weighted by Crippen LogP contribution is 2.29. The number of halogens is 1. The molecule has 1 N–H and O–H groups in total. The quantitative estimate of drug-likeness (QED) is 0.866. The molecule has 0 atom stereocenters. The van der Waals surface area contributed by atoms with Crippen molar-refractivity contribution in [2.45, 2.75) is 17.6 Å². The summed E-state index contributed by atoms with van der Waals surface area (Å²) in [5.74, 6) is 0.412. The molecule has 2 aromatic rings. The molecule has 1 aromatic heterocycles. The predicted molar refractivity (Wildman–Crippen MR) is 71.9 cm³/mol. The van der Waals surface area contributed by atoms with Crippen LogP contribution in [0, 0.1) is 6.92 Å². The summed E-state index contributed by atoms with van der Waals surface area (Å²) in [6.45, 7) is 1.84. The van der Waals surface area contributed by atoms with E-state index in [0.717, 1.165) is 15.9 Å². The fourth-order valence-electron chi connectivity index (χ4n) is 1.41. The lowest BCUT2D eigenvalue weighted by atomic mass is 10.2. The molecule has 0 unspecified atom stereocenters. The van der Waals surface area contributed by atoms with Gasteiger partial charge >= 0.3 is 5.97 Å². The molecule has 6 heteroatoms. The van der Waals surface area contributed by atoms with Gasteiger partial charge in [-0.05, 0) is 25.1 Å². The van der Waals surface area contributed by atoms with Gasteiger partial charge < -0.3 is 9.52 Å². The maximum Gasteiger partial charge on any atom is 0.336 e. The van der Waals surface area contributed by atoms with Crippen molar-refractivity contribution < 1.29 is 14.3 Å². The third kappa shape index (κ3) is 2.94. The van der Waals surface area contributed by atoms with Crippen LogP contribution in [0.25, 0.3) is 0 Å². The van der Waals surface area contributed by atoms with Crippen molar-refractivity contribution in [3.05, 3.63) is 46.1 Å². The summed E-state index contributed by atoms with van der Waals surface area (Å²) >= 11 is 4.77. The van der Waals surface area contributed by atoms with E-state index in [2.05, 4.69) is 20.9 Å². The van der Waals surface area contributed by atoms with Crippen LogP contribution >= 0.6 is 27.7 Å². The molecule has 0 bridgehead atoms. The molecule has 94 valence electrons. The zero-order chi connectivity index (χ0) is 13.1. The van der Waals surface area contributed by atoms with Crippen LogP contribution in [0.15, 0.2) is 38.4 Å². The van der Waals surface area contributed by atoms with Crippen LogP contribution < -0.4 is 0 Å². The van der Waals surface area contributed by atoms with E-state index in [9.17, 15) is 4.79 Å². The van der Waals surface area contributed by atoms with Crippen LogP contribution in [0.5, 0.6) is 0 Å².